The smallest absolute Gasteiger partial charge is 0.158 e. The van der Waals surface area contributed by atoms with Crippen LogP contribution in [-0.2, 0) is 10.8 Å². The van der Waals surface area contributed by atoms with Gasteiger partial charge < -0.3 is 20.4 Å². The molecule has 2 aromatic carbocycles. The molecule has 0 aliphatic heterocycles. The Balaban J connectivity index is 2.47. The van der Waals surface area contributed by atoms with Crippen LogP contribution in [0.3, 0.4) is 0 Å². The van der Waals surface area contributed by atoms with Gasteiger partial charge in [0, 0.05) is 0 Å². The van der Waals surface area contributed by atoms with Crippen molar-refractivity contribution < 1.29 is 20.4 Å². The average molecular weight is 300 g/mol. The Hall–Kier alpha value is -2.36. The van der Waals surface area contributed by atoms with Crippen molar-refractivity contribution in [1.82, 2.24) is 0 Å². The molecule has 0 spiro atoms. The quantitative estimate of drug-likeness (QED) is 0.559. The average Bonchev–Trinajstić information content (AvgIpc) is 2.42. The number of phenols is 4. The lowest BCUT2D eigenvalue weighted by atomic mass is 9.55. The number of benzene rings is 2. The van der Waals surface area contributed by atoms with E-state index in [1.165, 1.54) is 12.1 Å². The number of aromatic hydroxyl groups is 4. The molecular formula is C18H20O4. The van der Waals surface area contributed by atoms with E-state index in [1.807, 2.05) is 0 Å². The van der Waals surface area contributed by atoms with E-state index in [2.05, 4.69) is 27.7 Å². The van der Waals surface area contributed by atoms with Crippen molar-refractivity contribution in [2.24, 2.45) is 0 Å². The SMILES string of the molecule is CC1(C)c2cc(O)c(O)cc2-c2cc(O)c(O)cc2C1(C)C. The molecule has 0 unspecified atom stereocenters. The van der Waals surface area contributed by atoms with Crippen LogP contribution in [0.2, 0.25) is 0 Å². The van der Waals surface area contributed by atoms with Gasteiger partial charge in [0.15, 0.2) is 23.0 Å². The summed E-state index contributed by atoms with van der Waals surface area (Å²) >= 11 is 0. The predicted octanol–water partition coefficient (Wildman–Crippen LogP) is 3.74. The van der Waals surface area contributed by atoms with Crippen molar-refractivity contribution in [2.75, 3.05) is 0 Å². The van der Waals surface area contributed by atoms with Gasteiger partial charge in [0.05, 0.1) is 0 Å². The summed E-state index contributed by atoms with van der Waals surface area (Å²) in [6.07, 6.45) is 0. The normalized spacial score (nSPS) is 17.6. The van der Waals surface area contributed by atoms with E-state index in [-0.39, 0.29) is 33.8 Å². The summed E-state index contributed by atoms with van der Waals surface area (Å²) in [6, 6.07) is 6.19. The molecule has 1 aliphatic carbocycles. The fraction of sp³-hybridized carbons (Fsp3) is 0.333. The highest BCUT2D eigenvalue weighted by Gasteiger charge is 2.46. The molecule has 2 aromatic rings. The molecule has 0 saturated heterocycles. The molecule has 3 rings (SSSR count). The Kier molecular flexibility index (Phi) is 2.71. The van der Waals surface area contributed by atoms with E-state index in [0.29, 0.717) is 0 Å². The van der Waals surface area contributed by atoms with Crippen molar-refractivity contribution in [3.05, 3.63) is 35.4 Å². The van der Waals surface area contributed by atoms with Crippen molar-refractivity contribution in [3.8, 4) is 34.1 Å². The summed E-state index contributed by atoms with van der Waals surface area (Å²) in [5.74, 6) is -0.719. The topological polar surface area (TPSA) is 80.9 Å². The van der Waals surface area contributed by atoms with Crippen LogP contribution in [-0.4, -0.2) is 20.4 Å². The minimum atomic E-state index is -0.343. The van der Waals surface area contributed by atoms with E-state index >= 15 is 0 Å². The molecule has 0 radical (unpaired) electrons. The zero-order chi connectivity index (χ0) is 16.4. The summed E-state index contributed by atoms with van der Waals surface area (Å²) in [5.41, 5.74) is 2.61. The Morgan fingerprint density at radius 2 is 0.818 bits per heavy atom. The molecule has 4 heteroatoms. The molecule has 22 heavy (non-hydrogen) atoms. The van der Waals surface area contributed by atoms with Gasteiger partial charge in [-0.2, -0.15) is 0 Å². The molecule has 0 heterocycles. The summed E-state index contributed by atoms with van der Waals surface area (Å²) in [4.78, 5) is 0. The molecule has 0 atom stereocenters. The summed E-state index contributed by atoms with van der Waals surface area (Å²) in [6.45, 7) is 8.26. The summed E-state index contributed by atoms with van der Waals surface area (Å²) in [7, 11) is 0. The van der Waals surface area contributed by atoms with Gasteiger partial charge in [0.1, 0.15) is 0 Å². The van der Waals surface area contributed by atoms with Crippen molar-refractivity contribution in [2.45, 2.75) is 38.5 Å². The van der Waals surface area contributed by atoms with Gasteiger partial charge in [-0.3, -0.25) is 0 Å². The van der Waals surface area contributed by atoms with Crippen LogP contribution in [0.5, 0.6) is 23.0 Å². The van der Waals surface area contributed by atoms with Crippen molar-refractivity contribution in [1.29, 1.82) is 0 Å². The second kappa shape index (κ2) is 4.09. The molecular weight excluding hydrogens is 280 g/mol. The highest BCUT2D eigenvalue weighted by atomic mass is 16.3. The first-order valence-corrected chi connectivity index (χ1v) is 7.20. The first kappa shape index (κ1) is 14.6. The van der Waals surface area contributed by atoms with Gasteiger partial charge in [0.2, 0.25) is 0 Å². The summed E-state index contributed by atoms with van der Waals surface area (Å²) < 4.78 is 0. The zero-order valence-corrected chi connectivity index (χ0v) is 13.1. The maximum atomic E-state index is 9.89. The van der Waals surface area contributed by atoms with E-state index in [1.54, 1.807) is 12.1 Å². The van der Waals surface area contributed by atoms with Crippen LogP contribution in [0.15, 0.2) is 24.3 Å². The molecule has 4 N–H and O–H groups in total. The lowest BCUT2D eigenvalue weighted by Gasteiger charge is -2.48. The van der Waals surface area contributed by atoms with Crippen LogP contribution in [0.25, 0.3) is 11.1 Å². The molecule has 0 saturated carbocycles. The van der Waals surface area contributed by atoms with Crippen LogP contribution in [0.4, 0.5) is 0 Å². The third-order valence-electron chi connectivity index (χ3n) is 5.43. The first-order chi connectivity index (χ1) is 10.1. The van der Waals surface area contributed by atoms with Gasteiger partial charge in [0.25, 0.3) is 0 Å². The molecule has 1 aliphatic rings. The van der Waals surface area contributed by atoms with E-state index in [0.717, 1.165) is 22.3 Å². The maximum Gasteiger partial charge on any atom is 0.158 e. The van der Waals surface area contributed by atoms with Crippen molar-refractivity contribution >= 4 is 0 Å². The molecule has 0 fully saturated rings. The number of phenolic OH excluding ortho intramolecular Hbond substituents is 4. The Labute approximate surface area is 129 Å². The minimum absolute atomic E-state index is 0.158. The Morgan fingerprint density at radius 1 is 0.545 bits per heavy atom. The lowest BCUT2D eigenvalue weighted by Crippen LogP contribution is -2.43. The van der Waals surface area contributed by atoms with E-state index in [9.17, 15) is 20.4 Å². The lowest BCUT2D eigenvalue weighted by molar-refractivity contribution is 0.295. The Morgan fingerprint density at radius 3 is 1.14 bits per heavy atom. The van der Waals surface area contributed by atoms with Crippen LogP contribution >= 0.6 is 0 Å². The number of hydrogen-bond donors (Lipinski definition) is 4. The fourth-order valence-electron chi connectivity index (χ4n) is 3.31. The van der Waals surface area contributed by atoms with E-state index < -0.39 is 0 Å². The van der Waals surface area contributed by atoms with Crippen LogP contribution < -0.4 is 0 Å². The van der Waals surface area contributed by atoms with Crippen molar-refractivity contribution in [3.63, 3.8) is 0 Å². The highest BCUT2D eigenvalue weighted by Crippen LogP contribution is 2.56. The molecule has 4 nitrogen and oxygen atoms in total. The van der Waals surface area contributed by atoms with Gasteiger partial charge in [-0.1, -0.05) is 27.7 Å². The van der Waals surface area contributed by atoms with Gasteiger partial charge in [-0.05, 0) is 57.3 Å². The van der Waals surface area contributed by atoms with Crippen LogP contribution in [0.1, 0.15) is 38.8 Å². The fourth-order valence-corrected chi connectivity index (χ4v) is 3.31. The zero-order valence-electron chi connectivity index (χ0n) is 13.1. The van der Waals surface area contributed by atoms with Gasteiger partial charge in [-0.15, -0.1) is 0 Å². The third kappa shape index (κ3) is 1.64. The summed E-state index contributed by atoms with van der Waals surface area (Å²) in [5, 5.41) is 39.5. The number of hydrogen-bond acceptors (Lipinski definition) is 4. The van der Waals surface area contributed by atoms with Crippen LogP contribution in [0, 0.1) is 0 Å². The van der Waals surface area contributed by atoms with E-state index in [4.69, 9.17) is 0 Å². The predicted molar refractivity (Wildman–Crippen MR) is 84.6 cm³/mol. The van der Waals surface area contributed by atoms with Gasteiger partial charge >= 0.3 is 0 Å². The second-order valence-electron chi connectivity index (χ2n) is 7.02. The van der Waals surface area contributed by atoms with Gasteiger partial charge in [-0.25, -0.2) is 0 Å². The Bertz CT molecular complexity index is 721. The monoisotopic (exact) mass is 300 g/mol. The minimum Gasteiger partial charge on any atom is -0.504 e. The standard InChI is InChI=1S/C18H20O4/c1-17(2)11-7-15(21)13(19)5-9(11)10-6-14(20)16(22)8-12(10)18(17,3)4/h5-8,19-22H,1-4H3. The molecule has 0 aromatic heterocycles. The molecule has 116 valence electrons. The number of rotatable bonds is 0. The molecule has 0 amide bonds. The number of fused-ring (bicyclic) bond motifs is 3. The first-order valence-electron chi connectivity index (χ1n) is 7.20. The maximum absolute atomic E-state index is 9.89. The highest BCUT2D eigenvalue weighted by molar-refractivity contribution is 5.81. The second-order valence-corrected chi connectivity index (χ2v) is 7.02. The third-order valence-corrected chi connectivity index (χ3v) is 5.43. The largest absolute Gasteiger partial charge is 0.504 e. The molecule has 0 bridgehead atoms.